The molecule has 3 aromatic carbocycles. The first kappa shape index (κ1) is 32.6. The molecule has 47 heavy (non-hydrogen) atoms. The van der Waals surface area contributed by atoms with Crippen LogP contribution in [0, 0.1) is 24.1 Å². The van der Waals surface area contributed by atoms with Crippen LogP contribution in [0.15, 0.2) is 66.7 Å². The summed E-state index contributed by atoms with van der Waals surface area (Å²) in [5.41, 5.74) is 2.98. The Morgan fingerprint density at radius 3 is 2.43 bits per heavy atom. The molecule has 2 aliphatic rings. The van der Waals surface area contributed by atoms with Gasteiger partial charge in [-0.15, -0.1) is 0 Å². The van der Waals surface area contributed by atoms with Gasteiger partial charge in [-0.1, -0.05) is 50.2 Å². The summed E-state index contributed by atoms with van der Waals surface area (Å²) < 4.78 is 26.2. The standard InChI is InChI=1S/C38H45FN4O4/c1-24-34(27-12-8-10-14-30(27)40-24)35-28(37(35,2)3)22-33(44)43(23-25-11-7-9-13-29(25)39)38(17-19-42(4)20-18-38)36(45)41-31-16-15-26(46-5)21-32(31)47-6/h7-16,21,28,35,40H,17-20,22-23H2,1-6H3,(H,41,45)/t28-,35+/m0/s1. The summed E-state index contributed by atoms with van der Waals surface area (Å²) in [5.74, 6) is 0.421. The van der Waals surface area contributed by atoms with Gasteiger partial charge < -0.3 is 29.6 Å². The summed E-state index contributed by atoms with van der Waals surface area (Å²) in [6.07, 6.45) is 1.07. The number of nitrogens with one attached hydrogen (secondary N) is 2. The molecule has 6 rings (SSSR count). The Bertz CT molecular complexity index is 1790. The molecule has 1 aliphatic heterocycles. The van der Waals surface area contributed by atoms with Gasteiger partial charge in [-0.05, 0) is 73.9 Å². The largest absolute Gasteiger partial charge is 0.497 e. The Kier molecular flexibility index (Phi) is 8.78. The van der Waals surface area contributed by atoms with Gasteiger partial charge in [-0.2, -0.15) is 0 Å². The number of rotatable bonds is 10. The van der Waals surface area contributed by atoms with Gasteiger partial charge in [0.25, 0.3) is 5.91 Å². The second-order valence-electron chi connectivity index (χ2n) is 13.7. The maximum Gasteiger partial charge on any atom is 0.250 e. The highest BCUT2D eigenvalue weighted by atomic mass is 19.1. The Morgan fingerprint density at radius 2 is 1.72 bits per heavy atom. The number of benzene rings is 3. The molecule has 2 N–H and O–H groups in total. The van der Waals surface area contributed by atoms with E-state index in [0.29, 0.717) is 48.7 Å². The lowest BCUT2D eigenvalue weighted by Crippen LogP contribution is -2.63. The van der Waals surface area contributed by atoms with Crippen molar-refractivity contribution in [1.29, 1.82) is 0 Å². The summed E-state index contributed by atoms with van der Waals surface area (Å²) in [7, 11) is 5.11. The SMILES string of the molecule is COc1ccc(NC(=O)C2(N(Cc3ccccc3F)C(=O)C[C@H]3[C@H](c4c(C)[nH]c5ccccc45)C3(C)C)CCN(C)CC2)c(OC)c1. The molecular formula is C38H45FN4O4. The zero-order valence-electron chi connectivity index (χ0n) is 28.2. The summed E-state index contributed by atoms with van der Waals surface area (Å²) in [6, 6.07) is 20.0. The Labute approximate surface area is 276 Å². The fourth-order valence-corrected chi connectivity index (χ4v) is 7.72. The van der Waals surface area contributed by atoms with Gasteiger partial charge in [-0.3, -0.25) is 9.59 Å². The van der Waals surface area contributed by atoms with Gasteiger partial charge in [0.05, 0.1) is 19.9 Å². The molecule has 2 atom stereocenters. The van der Waals surface area contributed by atoms with Crippen molar-refractivity contribution in [3.63, 3.8) is 0 Å². The van der Waals surface area contributed by atoms with Crippen molar-refractivity contribution < 1.29 is 23.5 Å². The van der Waals surface area contributed by atoms with Gasteiger partial charge in [0.2, 0.25) is 5.91 Å². The van der Waals surface area contributed by atoms with Gasteiger partial charge in [-0.25, -0.2) is 4.39 Å². The second-order valence-corrected chi connectivity index (χ2v) is 13.7. The van der Waals surface area contributed by atoms with E-state index < -0.39 is 11.4 Å². The molecule has 1 saturated carbocycles. The van der Waals surface area contributed by atoms with Gasteiger partial charge in [0.1, 0.15) is 22.9 Å². The molecule has 248 valence electrons. The van der Waals surface area contributed by atoms with Crippen LogP contribution in [0.25, 0.3) is 10.9 Å². The van der Waals surface area contributed by atoms with Gasteiger partial charge >= 0.3 is 0 Å². The lowest BCUT2D eigenvalue weighted by Gasteiger charge is -2.47. The second kappa shape index (κ2) is 12.7. The van der Waals surface area contributed by atoms with Crippen LogP contribution in [0.5, 0.6) is 11.5 Å². The Balaban J connectivity index is 1.37. The molecule has 1 saturated heterocycles. The maximum absolute atomic E-state index is 15.2. The average molecular weight is 641 g/mol. The highest BCUT2D eigenvalue weighted by Gasteiger charge is 2.60. The van der Waals surface area contributed by atoms with E-state index >= 15 is 4.39 Å². The fourth-order valence-electron chi connectivity index (χ4n) is 7.72. The average Bonchev–Trinajstić information content (AvgIpc) is 3.41. The van der Waals surface area contributed by atoms with Crippen LogP contribution in [-0.4, -0.2) is 66.5 Å². The smallest absolute Gasteiger partial charge is 0.250 e. The van der Waals surface area contributed by atoms with E-state index in [9.17, 15) is 9.59 Å². The van der Waals surface area contributed by atoms with E-state index in [1.807, 2.05) is 19.2 Å². The van der Waals surface area contributed by atoms with Gasteiger partial charge in [0, 0.05) is 54.3 Å². The molecule has 0 radical (unpaired) electrons. The number of amides is 2. The predicted molar refractivity (Wildman–Crippen MR) is 182 cm³/mol. The van der Waals surface area contributed by atoms with Crippen LogP contribution in [0.3, 0.4) is 0 Å². The number of likely N-dealkylation sites (tertiary alicyclic amines) is 1. The van der Waals surface area contributed by atoms with Crippen molar-refractivity contribution in [2.45, 2.75) is 58.0 Å². The number of hydrogen-bond donors (Lipinski definition) is 2. The van der Waals surface area contributed by atoms with Crippen LogP contribution >= 0.6 is 0 Å². The molecule has 0 spiro atoms. The molecule has 0 unspecified atom stereocenters. The first-order valence-corrected chi connectivity index (χ1v) is 16.3. The van der Waals surface area contributed by atoms with E-state index in [2.05, 4.69) is 48.1 Å². The molecule has 8 nitrogen and oxygen atoms in total. The number of aromatic nitrogens is 1. The number of aryl methyl sites for hydroxylation is 1. The quantitative estimate of drug-likeness (QED) is 0.197. The molecule has 2 fully saturated rings. The number of H-pyrrole nitrogens is 1. The zero-order valence-corrected chi connectivity index (χ0v) is 28.2. The van der Waals surface area contributed by atoms with Crippen molar-refractivity contribution in [2.24, 2.45) is 11.3 Å². The molecule has 2 heterocycles. The number of carbonyl (C=O) groups is 2. The number of piperidine rings is 1. The third-order valence-corrected chi connectivity index (χ3v) is 10.7. The summed E-state index contributed by atoms with van der Waals surface area (Å²) >= 11 is 0. The minimum Gasteiger partial charge on any atom is -0.497 e. The first-order chi connectivity index (χ1) is 22.5. The number of anilines is 1. The molecule has 1 aliphatic carbocycles. The summed E-state index contributed by atoms with van der Waals surface area (Å²) in [6.45, 7) is 7.74. The number of hydrogen-bond acceptors (Lipinski definition) is 5. The highest BCUT2D eigenvalue weighted by molar-refractivity contribution is 6.01. The third-order valence-electron chi connectivity index (χ3n) is 10.7. The topological polar surface area (TPSA) is 86.9 Å². The molecular weight excluding hydrogens is 595 g/mol. The number of nitrogens with zero attached hydrogens (tertiary/aromatic N) is 2. The van der Waals surface area contributed by atoms with E-state index in [1.54, 1.807) is 48.4 Å². The molecule has 1 aromatic heterocycles. The predicted octanol–water partition coefficient (Wildman–Crippen LogP) is 6.89. The number of aromatic amines is 1. The first-order valence-electron chi connectivity index (χ1n) is 16.3. The number of fused-ring (bicyclic) bond motifs is 1. The van der Waals surface area contributed by atoms with Crippen molar-refractivity contribution >= 4 is 28.4 Å². The lowest BCUT2D eigenvalue weighted by atomic mass is 9.83. The summed E-state index contributed by atoms with van der Waals surface area (Å²) in [4.78, 5) is 36.7. The van der Waals surface area contributed by atoms with Crippen LogP contribution in [-0.2, 0) is 16.1 Å². The van der Waals surface area contributed by atoms with E-state index in [4.69, 9.17) is 9.47 Å². The monoisotopic (exact) mass is 640 g/mol. The van der Waals surface area contributed by atoms with Crippen molar-refractivity contribution in [3.8, 4) is 11.5 Å². The molecule has 9 heteroatoms. The van der Waals surface area contributed by atoms with Crippen molar-refractivity contribution in [2.75, 3.05) is 39.7 Å². The minimum atomic E-state index is -1.21. The Morgan fingerprint density at radius 1 is 1.02 bits per heavy atom. The third kappa shape index (κ3) is 5.97. The number of methoxy groups -OCH3 is 2. The van der Waals surface area contributed by atoms with E-state index in [1.165, 1.54) is 24.1 Å². The fraction of sp³-hybridized carbons (Fsp3) is 0.421. The molecule has 0 bridgehead atoms. The minimum absolute atomic E-state index is 0.00762. The van der Waals surface area contributed by atoms with Crippen LogP contribution in [0.1, 0.15) is 55.8 Å². The lowest BCUT2D eigenvalue weighted by molar-refractivity contribution is -0.150. The Hall–Kier alpha value is -4.37. The van der Waals surface area contributed by atoms with Gasteiger partial charge in [0.15, 0.2) is 0 Å². The summed E-state index contributed by atoms with van der Waals surface area (Å²) in [5, 5.41) is 4.27. The number of carbonyl (C=O) groups excluding carboxylic acids is 2. The zero-order chi connectivity index (χ0) is 33.5. The number of halogens is 1. The van der Waals surface area contributed by atoms with Crippen LogP contribution < -0.4 is 14.8 Å². The van der Waals surface area contributed by atoms with Crippen LogP contribution in [0.4, 0.5) is 10.1 Å². The highest BCUT2D eigenvalue weighted by Crippen LogP contribution is 2.67. The number of para-hydroxylation sites is 1. The van der Waals surface area contributed by atoms with Crippen molar-refractivity contribution in [1.82, 2.24) is 14.8 Å². The van der Waals surface area contributed by atoms with Crippen molar-refractivity contribution in [3.05, 3.63) is 89.4 Å². The normalized spacial score (nSPS) is 20.1. The van der Waals surface area contributed by atoms with E-state index in [0.717, 1.165) is 11.2 Å². The molecule has 2 amide bonds. The van der Waals surface area contributed by atoms with E-state index in [-0.39, 0.29) is 42.0 Å². The molecule has 4 aromatic rings. The maximum atomic E-state index is 15.2. The van der Waals surface area contributed by atoms with Crippen LogP contribution in [0.2, 0.25) is 0 Å². The number of ether oxygens (including phenoxy) is 2.